The molecule has 2 rings (SSSR count). The molecule has 0 spiro atoms. The molecule has 0 atom stereocenters. The van der Waals surface area contributed by atoms with E-state index in [9.17, 15) is 9.59 Å². The Kier molecular flexibility index (Phi) is 6.96. The van der Waals surface area contributed by atoms with Crippen LogP contribution in [0.15, 0.2) is 48.5 Å². The van der Waals surface area contributed by atoms with Gasteiger partial charge in [0.1, 0.15) is 0 Å². The molecule has 0 radical (unpaired) electrons. The summed E-state index contributed by atoms with van der Waals surface area (Å²) in [5.74, 6) is -0.0322. The SMILES string of the molecule is CCc1ccc(N(CCC(=O)N(CC)c2cccc(C)c2)C(C)=O)cc1. The summed E-state index contributed by atoms with van der Waals surface area (Å²) in [5, 5.41) is 0. The van der Waals surface area contributed by atoms with E-state index in [1.807, 2.05) is 62.4 Å². The average molecular weight is 352 g/mol. The molecule has 0 saturated heterocycles. The van der Waals surface area contributed by atoms with Gasteiger partial charge in [-0.25, -0.2) is 0 Å². The molecule has 2 amide bonds. The van der Waals surface area contributed by atoms with E-state index in [1.165, 1.54) is 12.5 Å². The van der Waals surface area contributed by atoms with Crippen LogP contribution in [-0.4, -0.2) is 24.9 Å². The molecule has 0 aliphatic rings. The Hall–Kier alpha value is -2.62. The van der Waals surface area contributed by atoms with E-state index in [4.69, 9.17) is 0 Å². The van der Waals surface area contributed by atoms with E-state index in [0.29, 0.717) is 13.1 Å². The zero-order valence-corrected chi connectivity index (χ0v) is 16.2. The first-order chi connectivity index (χ1) is 12.5. The minimum atomic E-state index is -0.0550. The molecule has 0 aromatic heterocycles. The monoisotopic (exact) mass is 352 g/mol. The fourth-order valence-corrected chi connectivity index (χ4v) is 3.02. The van der Waals surface area contributed by atoms with E-state index in [2.05, 4.69) is 6.92 Å². The molecule has 0 aliphatic carbocycles. The van der Waals surface area contributed by atoms with E-state index in [1.54, 1.807) is 9.80 Å². The lowest BCUT2D eigenvalue weighted by Crippen LogP contribution is -2.36. The second kappa shape index (κ2) is 9.18. The van der Waals surface area contributed by atoms with Crippen LogP contribution in [0.3, 0.4) is 0 Å². The Morgan fingerprint density at radius 1 is 0.923 bits per heavy atom. The highest BCUT2D eigenvalue weighted by Crippen LogP contribution is 2.19. The van der Waals surface area contributed by atoms with Crippen LogP contribution >= 0.6 is 0 Å². The van der Waals surface area contributed by atoms with Gasteiger partial charge in [0.2, 0.25) is 11.8 Å². The highest BCUT2D eigenvalue weighted by molar-refractivity contribution is 5.96. The van der Waals surface area contributed by atoms with Crippen molar-refractivity contribution in [1.29, 1.82) is 0 Å². The van der Waals surface area contributed by atoms with Crippen molar-refractivity contribution in [1.82, 2.24) is 0 Å². The zero-order valence-electron chi connectivity index (χ0n) is 16.2. The van der Waals surface area contributed by atoms with Gasteiger partial charge < -0.3 is 9.80 Å². The fraction of sp³-hybridized carbons (Fsp3) is 0.364. The maximum absolute atomic E-state index is 12.7. The maximum Gasteiger partial charge on any atom is 0.228 e. The normalized spacial score (nSPS) is 10.5. The Balaban J connectivity index is 2.09. The smallest absolute Gasteiger partial charge is 0.228 e. The topological polar surface area (TPSA) is 40.6 Å². The van der Waals surface area contributed by atoms with Gasteiger partial charge in [-0.1, -0.05) is 31.2 Å². The summed E-state index contributed by atoms with van der Waals surface area (Å²) in [7, 11) is 0. The van der Waals surface area contributed by atoms with E-state index in [-0.39, 0.29) is 18.2 Å². The molecule has 2 aromatic rings. The molecule has 4 heteroatoms. The third kappa shape index (κ3) is 4.94. The number of rotatable bonds is 7. The van der Waals surface area contributed by atoms with Crippen LogP contribution in [0.1, 0.15) is 38.3 Å². The molecular weight excluding hydrogens is 324 g/mol. The lowest BCUT2D eigenvalue weighted by molar-refractivity contribution is -0.118. The molecule has 0 fully saturated rings. The van der Waals surface area contributed by atoms with Gasteiger partial charge in [-0.15, -0.1) is 0 Å². The van der Waals surface area contributed by atoms with Crippen molar-refractivity contribution in [2.24, 2.45) is 0 Å². The summed E-state index contributed by atoms with van der Waals surface area (Å²) in [6.07, 6.45) is 1.25. The van der Waals surface area contributed by atoms with Crippen molar-refractivity contribution in [2.75, 3.05) is 22.9 Å². The van der Waals surface area contributed by atoms with Gasteiger partial charge in [-0.05, 0) is 55.7 Å². The van der Waals surface area contributed by atoms with Crippen LogP contribution in [0.5, 0.6) is 0 Å². The van der Waals surface area contributed by atoms with Crippen LogP contribution in [-0.2, 0) is 16.0 Å². The van der Waals surface area contributed by atoms with Gasteiger partial charge in [0.25, 0.3) is 0 Å². The van der Waals surface area contributed by atoms with E-state index in [0.717, 1.165) is 23.4 Å². The highest BCUT2D eigenvalue weighted by atomic mass is 16.2. The number of nitrogens with zero attached hydrogens (tertiary/aromatic N) is 2. The first-order valence-electron chi connectivity index (χ1n) is 9.20. The summed E-state index contributed by atoms with van der Waals surface area (Å²) in [5.41, 5.74) is 4.08. The molecule has 0 aliphatic heterocycles. The first-order valence-corrected chi connectivity index (χ1v) is 9.20. The van der Waals surface area contributed by atoms with Crippen LogP contribution in [0, 0.1) is 6.92 Å². The van der Waals surface area contributed by atoms with Crippen molar-refractivity contribution in [3.05, 3.63) is 59.7 Å². The second-order valence-corrected chi connectivity index (χ2v) is 6.42. The van der Waals surface area contributed by atoms with Crippen LogP contribution in [0.2, 0.25) is 0 Å². The number of anilines is 2. The van der Waals surface area contributed by atoms with Crippen molar-refractivity contribution < 1.29 is 9.59 Å². The number of hydrogen-bond acceptors (Lipinski definition) is 2. The van der Waals surface area contributed by atoms with E-state index >= 15 is 0 Å². The lowest BCUT2D eigenvalue weighted by atomic mass is 10.1. The molecule has 138 valence electrons. The van der Waals surface area contributed by atoms with Crippen molar-refractivity contribution in [3.63, 3.8) is 0 Å². The third-order valence-corrected chi connectivity index (χ3v) is 4.52. The summed E-state index contributed by atoms with van der Waals surface area (Å²) in [4.78, 5) is 28.2. The number of amides is 2. The van der Waals surface area contributed by atoms with E-state index < -0.39 is 0 Å². The van der Waals surface area contributed by atoms with Gasteiger partial charge in [-0.3, -0.25) is 9.59 Å². The zero-order chi connectivity index (χ0) is 19.1. The summed E-state index contributed by atoms with van der Waals surface area (Å²) in [6.45, 7) is 8.60. The largest absolute Gasteiger partial charge is 0.313 e. The maximum atomic E-state index is 12.7. The molecule has 0 bridgehead atoms. The average Bonchev–Trinajstić information content (AvgIpc) is 2.63. The second-order valence-electron chi connectivity index (χ2n) is 6.42. The van der Waals surface area contributed by atoms with Gasteiger partial charge in [0.15, 0.2) is 0 Å². The number of benzene rings is 2. The lowest BCUT2D eigenvalue weighted by Gasteiger charge is -2.25. The summed E-state index contributed by atoms with van der Waals surface area (Å²) in [6, 6.07) is 15.9. The van der Waals surface area contributed by atoms with Crippen LogP contribution in [0.25, 0.3) is 0 Å². The Labute approximate surface area is 156 Å². The van der Waals surface area contributed by atoms with Crippen LogP contribution in [0.4, 0.5) is 11.4 Å². The van der Waals surface area contributed by atoms with Crippen LogP contribution < -0.4 is 9.80 Å². The molecule has 4 nitrogen and oxygen atoms in total. The van der Waals surface area contributed by atoms with Gasteiger partial charge in [0, 0.05) is 37.8 Å². The van der Waals surface area contributed by atoms with Crippen molar-refractivity contribution >= 4 is 23.2 Å². The highest BCUT2D eigenvalue weighted by Gasteiger charge is 2.18. The molecule has 26 heavy (non-hydrogen) atoms. The predicted molar refractivity (Wildman–Crippen MR) is 108 cm³/mol. The van der Waals surface area contributed by atoms with Crippen molar-refractivity contribution in [3.8, 4) is 0 Å². The van der Waals surface area contributed by atoms with Gasteiger partial charge >= 0.3 is 0 Å². The minimum absolute atomic E-state index is 0.0227. The molecule has 0 N–H and O–H groups in total. The quantitative estimate of drug-likeness (QED) is 0.743. The number of aryl methyl sites for hydroxylation is 2. The Morgan fingerprint density at radius 3 is 2.15 bits per heavy atom. The molecule has 2 aromatic carbocycles. The standard InChI is InChI=1S/C22H28N2O2/c1-5-19-10-12-20(13-11-19)24(18(4)25)15-14-22(26)23(6-2)21-9-7-8-17(3)16-21/h7-13,16H,5-6,14-15H2,1-4H3. The third-order valence-electron chi connectivity index (χ3n) is 4.52. The minimum Gasteiger partial charge on any atom is -0.313 e. The summed E-state index contributed by atoms with van der Waals surface area (Å²) < 4.78 is 0. The molecular formula is C22H28N2O2. The Bertz CT molecular complexity index is 753. The number of carbonyl (C=O) groups is 2. The van der Waals surface area contributed by atoms with Gasteiger partial charge in [0.05, 0.1) is 0 Å². The molecule has 0 unspecified atom stereocenters. The number of hydrogen-bond donors (Lipinski definition) is 0. The molecule has 0 heterocycles. The predicted octanol–water partition coefficient (Wildman–Crippen LogP) is 4.35. The first kappa shape index (κ1) is 19.7. The Morgan fingerprint density at radius 2 is 1.62 bits per heavy atom. The fourth-order valence-electron chi connectivity index (χ4n) is 3.02. The summed E-state index contributed by atoms with van der Waals surface area (Å²) >= 11 is 0. The van der Waals surface area contributed by atoms with Crippen molar-refractivity contribution in [2.45, 2.75) is 40.5 Å². The van der Waals surface area contributed by atoms with Gasteiger partial charge in [-0.2, -0.15) is 0 Å². The molecule has 0 saturated carbocycles. The number of carbonyl (C=O) groups excluding carboxylic acids is 2.